The molecule has 3 amide bonds. The minimum atomic E-state index is -1.01. The van der Waals surface area contributed by atoms with Crippen LogP contribution in [0, 0.1) is 17.8 Å². The molecule has 6 atom stereocenters. The Morgan fingerprint density at radius 3 is 2.56 bits per heavy atom. The Morgan fingerprint density at radius 1 is 1.11 bits per heavy atom. The highest BCUT2D eigenvalue weighted by atomic mass is 16.5. The van der Waals surface area contributed by atoms with Gasteiger partial charge in [0.2, 0.25) is 17.7 Å². The molecule has 0 aromatic heterocycles. The molecule has 2 bridgehead atoms. The number of nitrogens with zero attached hydrogens (tertiary/aromatic N) is 1. The Balaban J connectivity index is 1.62. The van der Waals surface area contributed by atoms with E-state index in [0.717, 1.165) is 24.8 Å². The van der Waals surface area contributed by atoms with Crippen LogP contribution in [0.2, 0.25) is 0 Å². The number of hydrogen-bond donors (Lipinski definition) is 3. The number of aliphatic hydroxyl groups is 1. The molecule has 0 aliphatic carbocycles. The number of carbonyl (C=O) groups is 3. The Morgan fingerprint density at radius 2 is 1.86 bits per heavy atom. The summed E-state index contributed by atoms with van der Waals surface area (Å²) in [5, 5.41) is 15.2. The van der Waals surface area contributed by atoms with E-state index in [0.29, 0.717) is 38.9 Å². The number of likely N-dealkylation sites (tertiary alicyclic amines) is 1. The Hall–Kier alpha value is -2.45. The Kier molecular flexibility index (Phi) is 8.05. The van der Waals surface area contributed by atoms with Gasteiger partial charge in [-0.1, -0.05) is 50.6 Å². The zero-order valence-electron chi connectivity index (χ0n) is 21.8. The number of aliphatic hydroxyl groups excluding tert-OH is 1. The van der Waals surface area contributed by atoms with Crippen LogP contribution < -0.4 is 10.6 Å². The predicted octanol–water partition coefficient (Wildman–Crippen LogP) is 2.39. The van der Waals surface area contributed by atoms with Crippen molar-refractivity contribution in [3.8, 4) is 0 Å². The minimum Gasteiger partial charge on any atom is -0.396 e. The van der Waals surface area contributed by atoms with Crippen LogP contribution in [0.25, 0.3) is 0 Å². The fraction of sp³-hybridized carbons (Fsp3) is 0.679. The number of benzene rings is 1. The second-order valence-corrected chi connectivity index (χ2v) is 10.9. The number of fused-ring (bicyclic) bond motifs is 1. The van der Waals surface area contributed by atoms with E-state index in [2.05, 4.69) is 24.5 Å². The number of carbonyl (C=O) groups excluding carboxylic acids is 3. The fourth-order valence-electron chi connectivity index (χ4n) is 6.63. The second-order valence-electron chi connectivity index (χ2n) is 10.9. The summed E-state index contributed by atoms with van der Waals surface area (Å²) >= 11 is 0. The van der Waals surface area contributed by atoms with E-state index in [-0.39, 0.29) is 30.2 Å². The van der Waals surface area contributed by atoms with Crippen molar-refractivity contribution in [1.29, 1.82) is 0 Å². The minimum absolute atomic E-state index is 0.0225. The van der Waals surface area contributed by atoms with E-state index in [9.17, 15) is 14.4 Å². The number of ether oxygens (including phenoxy) is 1. The van der Waals surface area contributed by atoms with Gasteiger partial charge in [0.25, 0.3) is 0 Å². The van der Waals surface area contributed by atoms with Crippen molar-refractivity contribution in [2.75, 3.05) is 19.7 Å². The third-order valence-electron chi connectivity index (χ3n) is 8.54. The lowest BCUT2D eigenvalue weighted by Gasteiger charge is -2.36. The first-order valence-electron chi connectivity index (χ1n) is 13.5. The van der Waals surface area contributed by atoms with E-state index in [1.165, 1.54) is 0 Å². The van der Waals surface area contributed by atoms with Gasteiger partial charge in [0.05, 0.1) is 17.4 Å². The second kappa shape index (κ2) is 10.9. The third-order valence-corrected chi connectivity index (χ3v) is 8.54. The molecule has 4 rings (SSSR count). The molecule has 3 unspecified atom stereocenters. The molecule has 3 aliphatic heterocycles. The van der Waals surface area contributed by atoms with Crippen molar-refractivity contribution in [3.63, 3.8) is 0 Å². The van der Waals surface area contributed by atoms with Crippen molar-refractivity contribution in [2.45, 2.75) is 83.1 Å². The molecule has 0 radical (unpaired) electrons. The van der Waals surface area contributed by atoms with Gasteiger partial charge < -0.3 is 25.4 Å². The normalized spacial score (nSPS) is 32.6. The zero-order chi connectivity index (χ0) is 25.9. The smallest absolute Gasteiger partial charge is 0.245 e. The number of rotatable bonds is 12. The van der Waals surface area contributed by atoms with E-state index in [4.69, 9.17) is 9.84 Å². The van der Waals surface area contributed by atoms with Crippen molar-refractivity contribution < 1.29 is 24.2 Å². The maximum Gasteiger partial charge on any atom is 0.245 e. The number of nitrogens with one attached hydrogen (secondary N) is 2. The molecule has 3 heterocycles. The Labute approximate surface area is 214 Å². The molecular formula is C28H41N3O5. The van der Waals surface area contributed by atoms with E-state index < -0.39 is 29.1 Å². The van der Waals surface area contributed by atoms with E-state index in [1.54, 1.807) is 4.90 Å². The highest BCUT2D eigenvalue weighted by Crippen LogP contribution is 2.65. The van der Waals surface area contributed by atoms with Gasteiger partial charge in [0.15, 0.2) is 0 Å². The average Bonchev–Trinajstić information content (AvgIpc) is 3.38. The van der Waals surface area contributed by atoms with Crippen LogP contribution >= 0.6 is 0 Å². The standard InChI is InChI=1S/C28H41N3O5/c1-4-5-14-29-25(34)23-28-17-19(2)27(3,36-28)21(24(33)30-18-20-12-8-6-9-13-20)22(28)26(35)31(23)15-10-7-11-16-32/h6,8-9,12-13,19,21-23,32H,4-5,7,10-11,14-18H2,1-3H3,(H,29,34)(H,30,33)/t19?,21-,22+,23?,27+,28?/m1/s1. The van der Waals surface area contributed by atoms with Gasteiger partial charge in [-0.25, -0.2) is 0 Å². The molecule has 198 valence electrons. The molecule has 1 aromatic rings. The van der Waals surface area contributed by atoms with Gasteiger partial charge in [-0.15, -0.1) is 0 Å². The van der Waals surface area contributed by atoms with Gasteiger partial charge in [-0.3, -0.25) is 14.4 Å². The topological polar surface area (TPSA) is 108 Å². The van der Waals surface area contributed by atoms with Crippen LogP contribution in [-0.2, 0) is 25.7 Å². The van der Waals surface area contributed by atoms with Gasteiger partial charge >= 0.3 is 0 Å². The van der Waals surface area contributed by atoms with Gasteiger partial charge in [-0.05, 0) is 50.5 Å². The summed E-state index contributed by atoms with van der Waals surface area (Å²) in [6.07, 6.45) is 4.49. The molecule has 36 heavy (non-hydrogen) atoms. The summed E-state index contributed by atoms with van der Waals surface area (Å²) in [7, 11) is 0. The lowest BCUT2D eigenvalue weighted by atomic mass is 9.62. The van der Waals surface area contributed by atoms with Crippen molar-refractivity contribution in [1.82, 2.24) is 15.5 Å². The summed E-state index contributed by atoms with van der Waals surface area (Å²) in [5.74, 6) is -1.87. The molecular weight excluding hydrogens is 458 g/mol. The van der Waals surface area contributed by atoms with E-state index in [1.807, 2.05) is 37.3 Å². The average molecular weight is 500 g/mol. The predicted molar refractivity (Wildman–Crippen MR) is 136 cm³/mol. The highest BCUT2D eigenvalue weighted by molar-refractivity contribution is 5.99. The number of amides is 3. The van der Waals surface area contributed by atoms with Crippen LogP contribution in [-0.4, -0.2) is 64.7 Å². The van der Waals surface area contributed by atoms with Crippen LogP contribution in [0.1, 0.15) is 64.9 Å². The first-order valence-corrected chi connectivity index (χ1v) is 13.5. The number of hydrogen-bond acceptors (Lipinski definition) is 5. The highest BCUT2D eigenvalue weighted by Gasteiger charge is 2.79. The van der Waals surface area contributed by atoms with Crippen LogP contribution in [0.5, 0.6) is 0 Å². The molecule has 3 N–H and O–H groups in total. The van der Waals surface area contributed by atoms with Crippen molar-refractivity contribution in [3.05, 3.63) is 35.9 Å². The van der Waals surface area contributed by atoms with Crippen molar-refractivity contribution in [2.24, 2.45) is 17.8 Å². The molecule has 8 heteroatoms. The molecule has 3 fully saturated rings. The maximum absolute atomic E-state index is 14.0. The van der Waals surface area contributed by atoms with Gasteiger partial charge in [-0.2, -0.15) is 0 Å². The number of unbranched alkanes of at least 4 members (excludes halogenated alkanes) is 3. The van der Waals surface area contributed by atoms with Crippen LogP contribution in [0.3, 0.4) is 0 Å². The summed E-state index contributed by atoms with van der Waals surface area (Å²) < 4.78 is 6.71. The monoisotopic (exact) mass is 499 g/mol. The SMILES string of the molecule is CCCCNC(=O)C1N(CCCCCO)C(=O)[C@@H]2[C@H](C(=O)NCc3ccccc3)[C@@]3(C)OC12CC3C. The summed E-state index contributed by atoms with van der Waals surface area (Å²) in [6.45, 7) is 7.49. The molecule has 0 saturated carbocycles. The van der Waals surface area contributed by atoms with E-state index >= 15 is 0 Å². The lowest BCUT2D eigenvalue weighted by Crippen LogP contribution is -2.56. The molecule has 8 nitrogen and oxygen atoms in total. The zero-order valence-corrected chi connectivity index (χ0v) is 21.8. The van der Waals surface area contributed by atoms with Gasteiger partial charge in [0, 0.05) is 26.2 Å². The maximum atomic E-state index is 14.0. The summed E-state index contributed by atoms with van der Waals surface area (Å²) in [4.78, 5) is 42.8. The lowest BCUT2D eigenvalue weighted by molar-refractivity contribution is -0.147. The fourth-order valence-corrected chi connectivity index (χ4v) is 6.63. The first kappa shape index (κ1) is 26.6. The summed E-state index contributed by atoms with van der Waals surface area (Å²) in [6, 6.07) is 8.94. The molecule has 1 aromatic carbocycles. The Bertz CT molecular complexity index is 956. The molecule has 1 spiro atoms. The quantitative estimate of drug-likeness (QED) is 0.383. The molecule has 3 aliphatic rings. The summed E-state index contributed by atoms with van der Waals surface area (Å²) in [5.41, 5.74) is -0.835. The van der Waals surface area contributed by atoms with Crippen molar-refractivity contribution >= 4 is 17.7 Å². The van der Waals surface area contributed by atoms with Gasteiger partial charge in [0.1, 0.15) is 11.6 Å². The van der Waals surface area contributed by atoms with Crippen LogP contribution in [0.4, 0.5) is 0 Å². The third kappa shape index (κ3) is 4.54. The first-order chi connectivity index (χ1) is 17.3. The largest absolute Gasteiger partial charge is 0.396 e. The van der Waals surface area contributed by atoms with Crippen LogP contribution in [0.15, 0.2) is 30.3 Å². The molecule has 3 saturated heterocycles.